The van der Waals surface area contributed by atoms with Gasteiger partial charge < -0.3 is 43.7 Å². The first-order valence-corrected chi connectivity index (χ1v) is 16.8. The fourth-order valence-corrected chi connectivity index (χ4v) is 4.60. The van der Waals surface area contributed by atoms with E-state index in [1.54, 1.807) is 6.07 Å². The molecule has 3 aromatic rings. The van der Waals surface area contributed by atoms with Gasteiger partial charge in [-0.05, 0) is 40.6 Å². The summed E-state index contributed by atoms with van der Waals surface area (Å²) >= 11 is 0. The molecule has 3 N–H and O–H groups in total. The highest BCUT2D eigenvalue weighted by Crippen LogP contribution is 2.38. The van der Waals surface area contributed by atoms with E-state index in [1.807, 2.05) is 36.4 Å². The van der Waals surface area contributed by atoms with Gasteiger partial charge in [-0.2, -0.15) is 43.9 Å². The monoisotopic (exact) mass is 862 g/mol. The van der Waals surface area contributed by atoms with Crippen LogP contribution >= 0.6 is 0 Å². The molecule has 3 rings (SSSR count). The van der Waals surface area contributed by atoms with Crippen LogP contribution in [0.3, 0.4) is 0 Å². The molecule has 3 aromatic carbocycles. The number of fused-ring (bicyclic) bond motifs is 1. The van der Waals surface area contributed by atoms with Crippen LogP contribution in [0.5, 0.6) is 5.75 Å². The van der Waals surface area contributed by atoms with Crippen LogP contribution in [-0.2, 0) is 52.1 Å². The first kappa shape index (κ1) is 48.8. The molecule has 328 valence electrons. The largest absolute Gasteiger partial charge is 0.495 e. The van der Waals surface area contributed by atoms with E-state index in [0.717, 1.165) is 16.3 Å². The molecular weight excluding hydrogens is 824 g/mol. The first-order valence-electron chi connectivity index (χ1n) is 16.8. The average molecular weight is 863 g/mol. The van der Waals surface area contributed by atoms with Crippen molar-refractivity contribution in [1.82, 2.24) is 0 Å². The topological polar surface area (TPSA) is 135 Å². The Bertz CT molecular complexity index is 1650. The normalized spacial score (nSPS) is 14.8. The van der Waals surface area contributed by atoms with Crippen molar-refractivity contribution in [1.29, 1.82) is 0 Å². The van der Waals surface area contributed by atoms with E-state index in [9.17, 15) is 68.0 Å². The Hall–Kier alpha value is -3.52. The number of aliphatic hydroxyl groups is 3. The Labute approximate surface area is 321 Å². The standard InChI is InChI=1S/C35H38F12O11/c36-31(37,20-52-8-7-51-13-22-5-6-23-3-1-2-4-24(23)9-22)57-35(46,47)58-32(38,39)21-55-18-28(49)16-53-14-27(48)15-54-17-29(50)19-56-30-11-25(33(40,41)42)10-26(12-30)34(43,44)45/h1-6,9-12,27-29,48-50H,7-8,13-21H2. The Morgan fingerprint density at radius 1 is 0.483 bits per heavy atom. The van der Waals surface area contributed by atoms with E-state index in [1.165, 1.54) is 0 Å². The molecular formula is C35H38F12O11. The van der Waals surface area contributed by atoms with Crippen molar-refractivity contribution >= 4 is 10.8 Å². The fraction of sp³-hybridized carbons (Fsp3) is 0.543. The number of aliphatic hydroxyl groups excluding tert-OH is 3. The van der Waals surface area contributed by atoms with E-state index in [-0.39, 0.29) is 19.3 Å². The van der Waals surface area contributed by atoms with Gasteiger partial charge in [0.15, 0.2) is 0 Å². The van der Waals surface area contributed by atoms with Crippen molar-refractivity contribution in [2.45, 2.75) is 55.8 Å². The predicted molar refractivity (Wildman–Crippen MR) is 174 cm³/mol. The minimum atomic E-state index is -5.53. The molecule has 0 heterocycles. The minimum Gasteiger partial charge on any atom is -0.491 e. The van der Waals surface area contributed by atoms with E-state index < -0.39 is 126 Å². The highest BCUT2D eigenvalue weighted by Gasteiger charge is 2.52. The van der Waals surface area contributed by atoms with Crippen LogP contribution in [0.4, 0.5) is 52.7 Å². The summed E-state index contributed by atoms with van der Waals surface area (Å²) in [6.07, 6.45) is -30.2. The van der Waals surface area contributed by atoms with Gasteiger partial charge >= 0.3 is 30.9 Å². The zero-order valence-electron chi connectivity index (χ0n) is 29.9. The molecule has 11 nitrogen and oxygen atoms in total. The Morgan fingerprint density at radius 2 is 0.948 bits per heavy atom. The second kappa shape index (κ2) is 21.7. The molecule has 3 atom stereocenters. The lowest BCUT2D eigenvalue weighted by Crippen LogP contribution is -2.44. The Balaban J connectivity index is 1.25. The van der Waals surface area contributed by atoms with Gasteiger partial charge in [-0.3, -0.25) is 0 Å². The summed E-state index contributed by atoms with van der Waals surface area (Å²) in [4.78, 5) is 0. The van der Waals surface area contributed by atoms with Crippen molar-refractivity contribution in [2.75, 3.05) is 66.1 Å². The molecule has 0 saturated carbocycles. The number of hydrogen-bond acceptors (Lipinski definition) is 11. The molecule has 0 bridgehead atoms. The highest BCUT2D eigenvalue weighted by atomic mass is 19.4. The first-order chi connectivity index (χ1) is 26.9. The van der Waals surface area contributed by atoms with Gasteiger partial charge in [0, 0.05) is 0 Å². The summed E-state index contributed by atoms with van der Waals surface area (Å²) in [7, 11) is 0. The summed E-state index contributed by atoms with van der Waals surface area (Å²) in [5, 5.41) is 31.5. The second-order valence-electron chi connectivity index (χ2n) is 12.3. The number of halogens is 12. The molecule has 0 radical (unpaired) electrons. The summed E-state index contributed by atoms with van der Waals surface area (Å²) in [6.45, 7) is -8.56. The van der Waals surface area contributed by atoms with Crippen LogP contribution in [0.1, 0.15) is 16.7 Å². The van der Waals surface area contributed by atoms with Crippen molar-refractivity contribution < 1.29 is 106 Å². The summed E-state index contributed by atoms with van der Waals surface area (Å²) in [5.74, 6) is -0.839. The fourth-order valence-electron chi connectivity index (χ4n) is 4.60. The minimum absolute atomic E-state index is 0.0895. The molecule has 0 aliphatic rings. The molecule has 0 saturated heterocycles. The number of rotatable bonds is 26. The van der Waals surface area contributed by atoms with Gasteiger partial charge in [-0.15, -0.1) is 8.78 Å². The third kappa shape index (κ3) is 18.6. The molecule has 0 fully saturated rings. The van der Waals surface area contributed by atoms with Crippen LogP contribution in [0.2, 0.25) is 0 Å². The lowest BCUT2D eigenvalue weighted by molar-refractivity contribution is -0.518. The van der Waals surface area contributed by atoms with Gasteiger partial charge in [0.25, 0.3) is 0 Å². The van der Waals surface area contributed by atoms with Crippen LogP contribution in [0, 0.1) is 0 Å². The van der Waals surface area contributed by atoms with E-state index >= 15 is 0 Å². The highest BCUT2D eigenvalue weighted by molar-refractivity contribution is 5.82. The van der Waals surface area contributed by atoms with Gasteiger partial charge in [0.05, 0.1) is 64.0 Å². The van der Waals surface area contributed by atoms with Crippen LogP contribution in [0.15, 0.2) is 60.7 Å². The molecule has 23 heteroatoms. The number of benzene rings is 3. The number of hydrogen-bond donors (Lipinski definition) is 3. The quantitative estimate of drug-likeness (QED) is 0.0471. The zero-order valence-corrected chi connectivity index (χ0v) is 29.9. The lowest BCUT2D eigenvalue weighted by atomic mass is 10.1. The van der Waals surface area contributed by atoms with Crippen LogP contribution < -0.4 is 4.74 Å². The van der Waals surface area contributed by atoms with Gasteiger partial charge in [-0.1, -0.05) is 36.4 Å². The van der Waals surface area contributed by atoms with Gasteiger partial charge in [0.2, 0.25) is 0 Å². The Morgan fingerprint density at radius 3 is 1.48 bits per heavy atom. The maximum Gasteiger partial charge on any atom is 0.495 e. The molecule has 0 aliphatic heterocycles. The molecule has 58 heavy (non-hydrogen) atoms. The summed E-state index contributed by atoms with van der Waals surface area (Å²) < 4.78 is 196. The predicted octanol–water partition coefficient (Wildman–Crippen LogP) is 6.39. The van der Waals surface area contributed by atoms with E-state index in [0.29, 0.717) is 12.1 Å². The third-order valence-corrected chi connectivity index (χ3v) is 7.09. The summed E-state index contributed by atoms with van der Waals surface area (Å²) in [6, 6.07) is 13.4. The van der Waals surface area contributed by atoms with Crippen LogP contribution in [0.25, 0.3) is 10.8 Å². The number of alkyl halides is 12. The van der Waals surface area contributed by atoms with Crippen molar-refractivity contribution in [2.24, 2.45) is 0 Å². The number of ether oxygens (including phenoxy) is 8. The van der Waals surface area contributed by atoms with Crippen LogP contribution in [-0.4, -0.2) is 118 Å². The third-order valence-electron chi connectivity index (χ3n) is 7.09. The summed E-state index contributed by atoms with van der Waals surface area (Å²) in [5.41, 5.74) is -2.51. The lowest BCUT2D eigenvalue weighted by Gasteiger charge is -2.26. The molecule has 0 aliphatic carbocycles. The molecule has 0 aromatic heterocycles. The smallest absolute Gasteiger partial charge is 0.491 e. The van der Waals surface area contributed by atoms with E-state index in [2.05, 4.69) is 18.9 Å². The average Bonchev–Trinajstić information content (AvgIpc) is 3.10. The van der Waals surface area contributed by atoms with Crippen molar-refractivity contribution in [3.8, 4) is 5.75 Å². The van der Waals surface area contributed by atoms with Crippen molar-refractivity contribution in [3.63, 3.8) is 0 Å². The Kier molecular flexibility index (Phi) is 18.2. The van der Waals surface area contributed by atoms with Gasteiger partial charge in [-0.25, -0.2) is 9.47 Å². The second-order valence-corrected chi connectivity index (χ2v) is 12.3. The van der Waals surface area contributed by atoms with Gasteiger partial charge in [0.1, 0.15) is 43.9 Å². The van der Waals surface area contributed by atoms with E-state index in [4.69, 9.17) is 18.9 Å². The maximum atomic E-state index is 13.9. The zero-order chi connectivity index (χ0) is 43.2. The van der Waals surface area contributed by atoms with Crippen molar-refractivity contribution in [3.05, 3.63) is 77.4 Å². The SMILES string of the molecule is OC(COCC(O)COCC(F)(F)OC(F)(F)OC(F)(F)COCCOCc1ccc2ccccc2c1)COCC(O)COc1cc(C(F)(F)F)cc(C(F)(F)F)c1. The molecule has 3 unspecified atom stereocenters. The molecule has 0 spiro atoms. The maximum absolute atomic E-state index is 13.9. The molecule has 0 amide bonds.